The summed E-state index contributed by atoms with van der Waals surface area (Å²) in [5.74, 6) is 0.821. The first-order valence-electron chi connectivity index (χ1n) is 6.62. The summed E-state index contributed by atoms with van der Waals surface area (Å²) in [6, 6.07) is 0. The first-order valence-corrected chi connectivity index (χ1v) is 6.62. The quantitative estimate of drug-likeness (QED) is 0.441. The molecule has 0 spiro atoms. The van der Waals surface area contributed by atoms with Crippen molar-refractivity contribution < 1.29 is 14.4 Å². The summed E-state index contributed by atoms with van der Waals surface area (Å²) in [7, 11) is 0. The Balaban J connectivity index is 1.97. The molecule has 2 rings (SSSR count). The second-order valence-corrected chi connectivity index (χ2v) is 5.41. The molecular weight excluding hydrogens is 234 g/mol. The highest BCUT2D eigenvalue weighted by Gasteiger charge is 2.48. The third-order valence-electron chi connectivity index (χ3n) is 4.24. The maximum Gasteiger partial charge on any atom is 0.267 e. The van der Waals surface area contributed by atoms with E-state index in [1.807, 2.05) is 6.92 Å². The molecule has 0 amide bonds. The van der Waals surface area contributed by atoms with Crippen molar-refractivity contribution in [1.29, 1.82) is 0 Å². The molecule has 5 heteroatoms. The predicted molar refractivity (Wildman–Crippen MR) is 66.7 cm³/mol. The maximum absolute atomic E-state index is 11.1. The second-order valence-electron chi connectivity index (χ2n) is 5.41. The van der Waals surface area contributed by atoms with E-state index in [0.717, 1.165) is 12.8 Å². The molecule has 1 aliphatic carbocycles. The van der Waals surface area contributed by atoms with E-state index in [4.69, 9.17) is 9.47 Å². The Kier molecular flexibility index (Phi) is 4.02. The van der Waals surface area contributed by atoms with E-state index in [2.05, 4.69) is 19.1 Å². The van der Waals surface area contributed by atoms with Crippen molar-refractivity contribution in [2.75, 3.05) is 13.2 Å². The van der Waals surface area contributed by atoms with Gasteiger partial charge in [-0.3, -0.25) is 10.1 Å². The summed E-state index contributed by atoms with van der Waals surface area (Å²) in [4.78, 5) is 10.8. The van der Waals surface area contributed by atoms with Gasteiger partial charge in [0.2, 0.25) is 0 Å². The van der Waals surface area contributed by atoms with E-state index in [1.54, 1.807) is 0 Å². The predicted octanol–water partition coefficient (Wildman–Crippen LogP) is 2.39. The van der Waals surface area contributed by atoms with E-state index in [1.165, 1.54) is 0 Å². The highest BCUT2D eigenvalue weighted by atomic mass is 16.7. The summed E-state index contributed by atoms with van der Waals surface area (Å²) >= 11 is 0. The lowest BCUT2D eigenvalue weighted by molar-refractivity contribution is -0.593. The smallest absolute Gasteiger partial charge is 0.267 e. The fraction of sp³-hybridized carbons (Fsp3) is 0.846. The van der Waals surface area contributed by atoms with Crippen LogP contribution < -0.4 is 0 Å². The standard InChI is InChI=1S/C13H21NO4/c1-3-13(14(15)16)8-17-12(18-9-13)11-7-5-4-6-10(11)2/h4-5,10-12H,3,6-9H2,1-2H3/t10-,11+,12?,13?/m1/s1. The number of nitrogens with zero attached hydrogens (tertiary/aromatic N) is 1. The summed E-state index contributed by atoms with van der Waals surface area (Å²) in [6.45, 7) is 4.31. The monoisotopic (exact) mass is 255 g/mol. The molecule has 0 aromatic rings. The zero-order chi connectivity index (χ0) is 13.2. The number of hydrogen-bond acceptors (Lipinski definition) is 4. The van der Waals surface area contributed by atoms with Crippen LogP contribution in [0.1, 0.15) is 33.1 Å². The number of ether oxygens (including phenoxy) is 2. The molecule has 1 saturated heterocycles. The summed E-state index contributed by atoms with van der Waals surface area (Å²) in [5.41, 5.74) is -1.05. The second kappa shape index (κ2) is 5.36. The molecule has 102 valence electrons. The first-order chi connectivity index (χ1) is 8.59. The zero-order valence-corrected chi connectivity index (χ0v) is 11.0. The largest absolute Gasteiger partial charge is 0.345 e. The maximum atomic E-state index is 11.1. The molecule has 18 heavy (non-hydrogen) atoms. The van der Waals surface area contributed by atoms with E-state index >= 15 is 0 Å². The van der Waals surface area contributed by atoms with Crippen LogP contribution in [-0.2, 0) is 9.47 Å². The van der Waals surface area contributed by atoms with Gasteiger partial charge in [-0.25, -0.2) is 0 Å². The molecule has 5 nitrogen and oxygen atoms in total. The molecule has 1 aliphatic heterocycles. The molecule has 1 fully saturated rings. The van der Waals surface area contributed by atoms with Gasteiger partial charge in [-0.05, 0) is 18.8 Å². The van der Waals surface area contributed by atoms with Crippen LogP contribution in [0.2, 0.25) is 0 Å². The summed E-state index contributed by atoms with van der Waals surface area (Å²) in [5, 5.41) is 11.1. The lowest BCUT2D eigenvalue weighted by Gasteiger charge is -2.39. The summed E-state index contributed by atoms with van der Waals surface area (Å²) < 4.78 is 11.3. The Morgan fingerprint density at radius 3 is 2.44 bits per heavy atom. The molecule has 0 N–H and O–H groups in total. The fourth-order valence-corrected chi connectivity index (χ4v) is 2.60. The van der Waals surface area contributed by atoms with Crippen molar-refractivity contribution in [3.63, 3.8) is 0 Å². The topological polar surface area (TPSA) is 61.6 Å². The van der Waals surface area contributed by atoms with Gasteiger partial charge in [0.1, 0.15) is 13.2 Å². The van der Waals surface area contributed by atoms with Crippen LogP contribution >= 0.6 is 0 Å². The third kappa shape index (κ3) is 2.42. The molecule has 2 atom stereocenters. The fourth-order valence-electron chi connectivity index (χ4n) is 2.60. The third-order valence-corrected chi connectivity index (χ3v) is 4.24. The van der Waals surface area contributed by atoms with Crippen molar-refractivity contribution in [2.45, 2.75) is 44.9 Å². The average molecular weight is 255 g/mol. The van der Waals surface area contributed by atoms with Crippen molar-refractivity contribution in [2.24, 2.45) is 11.8 Å². The van der Waals surface area contributed by atoms with Crippen LogP contribution in [0.5, 0.6) is 0 Å². The van der Waals surface area contributed by atoms with Crippen molar-refractivity contribution >= 4 is 0 Å². The summed E-state index contributed by atoms with van der Waals surface area (Å²) in [6.07, 6.45) is 6.44. The number of rotatable bonds is 3. The van der Waals surface area contributed by atoms with E-state index in [-0.39, 0.29) is 24.4 Å². The Labute approximate surface area is 107 Å². The minimum absolute atomic E-state index is 0.161. The molecule has 0 radical (unpaired) electrons. The highest BCUT2D eigenvalue weighted by Crippen LogP contribution is 2.34. The van der Waals surface area contributed by atoms with Gasteiger partial charge in [0.15, 0.2) is 6.29 Å². The number of allylic oxidation sites excluding steroid dienone is 2. The zero-order valence-electron chi connectivity index (χ0n) is 11.0. The van der Waals surface area contributed by atoms with Crippen LogP contribution in [-0.4, -0.2) is 30.0 Å². The van der Waals surface area contributed by atoms with Gasteiger partial charge in [0.05, 0.1) is 0 Å². The molecule has 0 unspecified atom stereocenters. The van der Waals surface area contributed by atoms with E-state index in [9.17, 15) is 10.1 Å². The van der Waals surface area contributed by atoms with Gasteiger partial charge in [-0.15, -0.1) is 0 Å². The van der Waals surface area contributed by atoms with Crippen LogP contribution in [0, 0.1) is 22.0 Å². The van der Waals surface area contributed by atoms with Crippen LogP contribution in [0.3, 0.4) is 0 Å². The Bertz CT molecular complexity index is 334. The molecule has 2 aliphatic rings. The normalized spacial score (nSPS) is 40.7. The molecule has 1 heterocycles. The first kappa shape index (κ1) is 13.5. The van der Waals surface area contributed by atoms with Crippen LogP contribution in [0.15, 0.2) is 12.2 Å². The Hall–Kier alpha value is -0.940. The molecule has 0 aromatic heterocycles. The minimum Gasteiger partial charge on any atom is -0.345 e. The Morgan fingerprint density at radius 2 is 1.94 bits per heavy atom. The molecule has 0 aromatic carbocycles. The lowest BCUT2D eigenvalue weighted by Crippen LogP contribution is -2.54. The van der Waals surface area contributed by atoms with E-state index in [0.29, 0.717) is 18.3 Å². The number of hydrogen-bond donors (Lipinski definition) is 0. The van der Waals surface area contributed by atoms with Gasteiger partial charge in [-0.2, -0.15) is 0 Å². The average Bonchev–Trinajstić information content (AvgIpc) is 2.39. The van der Waals surface area contributed by atoms with Gasteiger partial charge in [0, 0.05) is 17.3 Å². The van der Waals surface area contributed by atoms with Gasteiger partial charge >= 0.3 is 0 Å². The molecular formula is C13H21NO4. The molecule has 0 saturated carbocycles. The number of nitro groups is 1. The van der Waals surface area contributed by atoms with Crippen molar-refractivity contribution in [3.05, 3.63) is 22.3 Å². The van der Waals surface area contributed by atoms with Crippen molar-refractivity contribution in [1.82, 2.24) is 0 Å². The molecule has 0 bridgehead atoms. The SMILES string of the molecule is CCC1([N+](=O)[O-])COC([C@H]2CC=CC[C@H]2C)OC1. The lowest BCUT2D eigenvalue weighted by atomic mass is 9.83. The van der Waals surface area contributed by atoms with Crippen molar-refractivity contribution in [3.8, 4) is 0 Å². The van der Waals surface area contributed by atoms with Gasteiger partial charge in [-0.1, -0.05) is 26.0 Å². The van der Waals surface area contributed by atoms with Crippen LogP contribution in [0.25, 0.3) is 0 Å². The highest BCUT2D eigenvalue weighted by molar-refractivity contribution is 4.95. The van der Waals surface area contributed by atoms with Crippen LogP contribution in [0.4, 0.5) is 0 Å². The Morgan fingerprint density at radius 1 is 1.33 bits per heavy atom. The van der Waals surface area contributed by atoms with Gasteiger partial charge < -0.3 is 9.47 Å². The minimum atomic E-state index is -1.05. The van der Waals surface area contributed by atoms with Gasteiger partial charge in [0.25, 0.3) is 5.54 Å². The van der Waals surface area contributed by atoms with E-state index < -0.39 is 5.54 Å².